The summed E-state index contributed by atoms with van der Waals surface area (Å²) in [4.78, 5) is 12.2. The highest BCUT2D eigenvalue weighted by molar-refractivity contribution is 5.85. The molecule has 200 valence electrons. The molecule has 1 heterocycles. The SMILES string of the molecule is COc1cc([C@@H](C)N[C@H]2CC[C@@H](c3ccc(OCC(=O)NC4CCNCC4)cc3)C2)ccc1F.Cl.Cl. The number of amides is 1. The third-order valence-electron chi connectivity index (χ3n) is 7.02. The van der Waals surface area contributed by atoms with Crippen molar-refractivity contribution in [3.8, 4) is 11.5 Å². The van der Waals surface area contributed by atoms with E-state index < -0.39 is 0 Å². The number of hydrogen-bond donors (Lipinski definition) is 3. The van der Waals surface area contributed by atoms with Crippen LogP contribution < -0.4 is 25.4 Å². The van der Waals surface area contributed by atoms with E-state index in [1.807, 2.05) is 18.2 Å². The van der Waals surface area contributed by atoms with E-state index in [9.17, 15) is 9.18 Å². The van der Waals surface area contributed by atoms with Gasteiger partial charge in [-0.05, 0) is 93.4 Å². The molecular weight excluding hydrogens is 504 g/mol. The third-order valence-corrected chi connectivity index (χ3v) is 7.02. The standard InChI is InChI=1S/C27H36FN3O3.2ClH/c1-18(20-6-10-25(28)26(16-20)33-2)30-23-7-3-21(15-23)19-4-8-24(9-5-19)34-17-27(32)31-22-11-13-29-14-12-22;;/h4-6,8-10,16,18,21-23,29-30H,3,7,11-15,17H2,1-2H3,(H,31,32);2*1H/t18-,21-,23+;;/m1../s1. The molecule has 2 aromatic rings. The molecule has 9 heteroatoms. The van der Waals surface area contributed by atoms with E-state index >= 15 is 0 Å². The molecule has 36 heavy (non-hydrogen) atoms. The Bertz CT molecular complexity index is 958. The van der Waals surface area contributed by atoms with E-state index in [0.29, 0.717) is 12.0 Å². The Balaban J connectivity index is 0.00000228. The van der Waals surface area contributed by atoms with Gasteiger partial charge in [0.25, 0.3) is 5.91 Å². The molecule has 0 aromatic heterocycles. The van der Waals surface area contributed by atoms with Gasteiger partial charge >= 0.3 is 0 Å². The number of rotatable bonds is 9. The molecule has 3 atom stereocenters. The molecule has 3 N–H and O–H groups in total. The first kappa shape index (κ1) is 30.2. The summed E-state index contributed by atoms with van der Waals surface area (Å²) >= 11 is 0. The lowest BCUT2D eigenvalue weighted by Crippen LogP contribution is -2.44. The minimum atomic E-state index is -0.339. The summed E-state index contributed by atoms with van der Waals surface area (Å²) in [6.07, 6.45) is 5.21. The highest BCUT2D eigenvalue weighted by Crippen LogP contribution is 2.36. The fourth-order valence-electron chi connectivity index (χ4n) is 5.05. The van der Waals surface area contributed by atoms with Gasteiger partial charge in [-0.25, -0.2) is 4.39 Å². The number of carbonyl (C=O) groups excluding carboxylic acids is 1. The fourth-order valence-corrected chi connectivity index (χ4v) is 5.05. The maximum absolute atomic E-state index is 13.7. The van der Waals surface area contributed by atoms with Crippen LogP contribution in [0.3, 0.4) is 0 Å². The van der Waals surface area contributed by atoms with E-state index in [-0.39, 0.29) is 61.0 Å². The Hall–Kier alpha value is -2.06. The lowest BCUT2D eigenvalue weighted by atomic mass is 9.97. The molecule has 4 rings (SSSR count). The first-order valence-electron chi connectivity index (χ1n) is 12.3. The summed E-state index contributed by atoms with van der Waals surface area (Å²) < 4.78 is 24.5. The van der Waals surface area contributed by atoms with Crippen LogP contribution in [0.1, 0.15) is 62.1 Å². The molecule has 2 aromatic carbocycles. The molecule has 1 amide bonds. The molecule has 1 aliphatic heterocycles. The van der Waals surface area contributed by atoms with Crippen molar-refractivity contribution in [2.75, 3.05) is 26.8 Å². The van der Waals surface area contributed by atoms with Gasteiger partial charge in [-0.15, -0.1) is 24.8 Å². The summed E-state index contributed by atoms with van der Waals surface area (Å²) in [5.74, 6) is 1.09. The predicted molar refractivity (Wildman–Crippen MR) is 145 cm³/mol. The topological polar surface area (TPSA) is 71.6 Å². The van der Waals surface area contributed by atoms with Crippen LogP contribution in [0.15, 0.2) is 42.5 Å². The maximum Gasteiger partial charge on any atom is 0.258 e. The van der Waals surface area contributed by atoms with Gasteiger partial charge in [0.05, 0.1) is 7.11 Å². The molecule has 1 saturated carbocycles. The zero-order valence-corrected chi connectivity index (χ0v) is 22.6. The van der Waals surface area contributed by atoms with E-state index in [0.717, 1.165) is 56.5 Å². The second-order valence-electron chi connectivity index (χ2n) is 9.44. The van der Waals surface area contributed by atoms with Crippen molar-refractivity contribution in [3.05, 3.63) is 59.4 Å². The number of benzene rings is 2. The Morgan fingerprint density at radius 3 is 2.47 bits per heavy atom. The van der Waals surface area contributed by atoms with Crippen molar-refractivity contribution in [2.24, 2.45) is 0 Å². The number of carbonyl (C=O) groups is 1. The van der Waals surface area contributed by atoms with Crippen LogP contribution in [-0.2, 0) is 4.79 Å². The maximum atomic E-state index is 13.7. The van der Waals surface area contributed by atoms with Gasteiger partial charge in [-0.3, -0.25) is 4.79 Å². The largest absolute Gasteiger partial charge is 0.494 e. The van der Waals surface area contributed by atoms with Crippen LogP contribution in [-0.4, -0.2) is 44.8 Å². The first-order valence-corrected chi connectivity index (χ1v) is 12.3. The number of nitrogens with one attached hydrogen (secondary N) is 3. The number of hydrogen-bond acceptors (Lipinski definition) is 5. The average molecular weight is 543 g/mol. The molecule has 1 aliphatic carbocycles. The monoisotopic (exact) mass is 541 g/mol. The lowest BCUT2D eigenvalue weighted by Gasteiger charge is -2.23. The fraction of sp³-hybridized carbons (Fsp3) is 0.519. The zero-order chi connectivity index (χ0) is 23.9. The van der Waals surface area contributed by atoms with Crippen molar-refractivity contribution in [2.45, 2.75) is 63.1 Å². The van der Waals surface area contributed by atoms with Crippen LogP contribution in [0.5, 0.6) is 11.5 Å². The molecule has 0 bridgehead atoms. The molecule has 1 saturated heterocycles. The van der Waals surface area contributed by atoms with Gasteiger partial charge in [-0.2, -0.15) is 0 Å². The molecule has 0 spiro atoms. The Morgan fingerprint density at radius 2 is 1.78 bits per heavy atom. The van der Waals surface area contributed by atoms with Crippen LogP contribution in [0.25, 0.3) is 0 Å². The first-order chi connectivity index (χ1) is 16.5. The van der Waals surface area contributed by atoms with Crippen molar-refractivity contribution in [3.63, 3.8) is 0 Å². The molecule has 0 unspecified atom stereocenters. The van der Waals surface area contributed by atoms with Crippen LogP contribution in [0.4, 0.5) is 4.39 Å². The second-order valence-corrected chi connectivity index (χ2v) is 9.44. The number of piperidine rings is 1. The summed E-state index contributed by atoms with van der Waals surface area (Å²) in [5.41, 5.74) is 2.32. The third kappa shape index (κ3) is 8.23. The zero-order valence-electron chi connectivity index (χ0n) is 20.9. The van der Waals surface area contributed by atoms with Crippen molar-refractivity contribution >= 4 is 30.7 Å². The van der Waals surface area contributed by atoms with Crippen LogP contribution >= 0.6 is 24.8 Å². The normalized spacial score (nSPS) is 20.5. The summed E-state index contributed by atoms with van der Waals surface area (Å²) in [5, 5.41) is 10.0. The molecule has 2 aliphatic rings. The van der Waals surface area contributed by atoms with E-state index in [2.05, 4.69) is 35.0 Å². The van der Waals surface area contributed by atoms with E-state index in [1.165, 1.54) is 18.7 Å². The van der Waals surface area contributed by atoms with Crippen molar-refractivity contribution < 1.29 is 18.7 Å². The summed E-state index contributed by atoms with van der Waals surface area (Å²) in [6, 6.07) is 14.0. The highest BCUT2D eigenvalue weighted by atomic mass is 35.5. The predicted octanol–water partition coefficient (Wildman–Crippen LogP) is 4.91. The van der Waals surface area contributed by atoms with Crippen LogP contribution in [0.2, 0.25) is 0 Å². The quantitative estimate of drug-likeness (QED) is 0.420. The summed E-state index contributed by atoms with van der Waals surface area (Å²) in [6.45, 7) is 4.05. The lowest BCUT2D eigenvalue weighted by molar-refractivity contribution is -0.123. The molecular formula is C27H38Cl2FN3O3. The Morgan fingerprint density at radius 1 is 1.06 bits per heavy atom. The Kier molecular flexibility index (Phi) is 12.3. The van der Waals surface area contributed by atoms with E-state index in [1.54, 1.807) is 6.07 Å². The van der Waals surface area contributed by atoms with Gasteiger partial charge in [0.2, 0.25) is 0 Å². The molecule has 2 fully saturated rings. The minimum Gasteiger partial charge on any atom is -0.494 e. The van der Waals surface area contributed by atoms with Crippen LogP contribution in [0, 0.1) is 5.82 Å². The Labute approximate surface area is 225 Å². The number of ether oxygens (including phenoxy) is 2. The van der Waals surface area contributed by atoms with Gasteiger partial charge in [-0.1, -0.05) is 18.2 Å². The van der Waals surface area contributed by atoms with Crippen molar-refractivity contribution in [1.82, 2.24) is 16.0 Å². The van der Waals surface area contributed by atoms with Gasteiger partial charge in [0, 0.05) is 18.1 Å². The van der Waals surface area contributed by atoms with Gasteiger partial charge < -0.3 is 25.4 Å². The minimum absolute atomic E-state index is 0. The van der Waals surface area contributed by atoms with E-state index in [4.69, 9.17) is 9.47 Å². The van der Waals surface area contributed by atoms with Crippen molar-refractivity contribution in [1.29, 1.82) is 0 Å². The molecule has 0 radical (unpaired) electrons. The summed E-state index contributed by atoms with van der Waals surface area (Å²) in [7, 11) is 1.49. The van der Waals surface area contributed by atoms with Gasteiger partial charge in [0.1, 0.15) is 5.75 Å². The molecule has 6 nitrogen and oxygen atoms in total. The number of halogens is 3. The van der Waals surface area contributed by atoms with Gasteiger partial charge in [0.15, 0.2) is 18.2 Å². The highest BCUT2D eigenvalue weighted by Gasteiger charge is 2.27. The second kappa shape index (κ2) is 14.6. The number of methoxy groups -OCH3 is 1. The average Bonchev–Trinajstić information content (AvgIpc) is 3.32. The smallest absolute Gasteiger partial charge is 0.258 e.